The van der Waals surface area contributed by atoms with Crippen molar-refractivity contribution >= 4 is 23.5 Å². The first-order valence-electron chi connectivity index (χ1n) is 13.4. The molecule has 2 aromatic carbocycles. The second kappa shape index (κ2) is 11.7. The van der Waals surface area contributed by atoms with Crippen molar-refractivity contribution in [2.45, 2.75) is 64.7 Å². The van der Waals surface area contributed by atoms with Gasteiger partial charge in [0.15, 0.2) is 5.69 Å². The molecule has 1 aliphatic carbocycles. The van der Waals surface area contributed by atoms with E-state index in [1.807, 2.05) is 32.0 Å². The molecule has 1 N–H and O–H groups in total. The van der Waals surface area contributed by atoms with E-state index < -0.39 is 41.3 Å². The first kappa shape index (κ1) is 29.8. The molecule has 10 heteroatoms. The van der Waals surface area contributed by atoms with Crippen LogP contribution in [0.25, 0.3) is 0 Å². The van der Waals surface area contributed by atoms with Crippen LogP contribution in [0, 0.1) is 19.8 Å². The van der Waals surface area contributed by atoms with Crippen LogP contribution in [0.3, 0.4) is 0 Å². The summed E-state index contributed by atoms with van der Waals surface area (Å²) in [4.78, 5) is 25.5. The Balaban J connectivity index is 1.70. The van der Waals surface area contributed by atoms with Crippen LogP contribution in [-0.2, 0) is 23.9 Å². The fourth-order valence-electron chi connectivity index (χ4n) is 5.68. The molecule has 3 aromatic rings. The third-order valence-electron chi connectivity index (χ3n) is 7.99. The molecule has 4 rings (SSSR count). The van der Waals surface area contributed by atoms with Gasteiger partial charge in [0, 0.05) is 17.0 Å². The largest absolute Gasteiger partial charge is 0.481 e. The average molecular weight is 577 g/mol. The van der Waals surface area contributed by atoms with Crippen molar-refractivity contribution in [3.05, 3.63) is 87.2 Å². The van der Waals surface area contributed by atoms with E-state index in [2.05, 4.69) is 5.10 Å². The van der Waals surface area contributed by atoms with Crippen LogP contribution in [-0.4, -0.2) is 44.8 Å². The lowest BCUT2D eigenvalue weighted by molar-refractivity contribution is -0.842. The lowest BCUT2D eigenvalue weighted by Gasteiger charge is -2.33. The van der Waals surface area contributed by atoms with Crippen LogP contribution >= 0.6 is 11.6 Å². The lowest BCUT2D eigenvalue weighted by atomic mass is 9.86. The van der Waals surface area contributed by atoms with Crippen molar-refractivity contribution in [3.63, 3.8) is 0 Å². The summed E-state index contributed by atoms with van der Waals surface area (Å²) in [5.41, 5.74) is 2.43. The van der Waals surface area contributed by atoms with Crippen LogP contribution in [0.4, 0.5) is 13.2 Å². The van der Waals surface area contributed by atoms with Gasteiger partial charge in [0.05, 0.1) is 31.7 Å². The summed E-state index contributed by atoms with van der Waals surface area (Å²) < 4.78 is 44.2. The quantitative estimate of drug-likeness (QED) is 0.293. The number of aromatic nitrogens is 2. The summed E-state index contributed by atoms with van der Waals surface area (Å²) >= 11 is 6.05. The number of rotatable bonds is 8. The number of benzene rings is 2. The molecular weight excluding hydrogens is 543 g/mol. The predicted octanol–water partition coefficient (Wildman–Crippen LogP) is 7.02. The Morgan fingerprint density at radius 2 is 1.73 bits per heavy atom. The third-order valence-corrected chi connectivity index (χ3v) is 8.25. The molecule has 1 heterocycles. The molecule has 0 saturated heterocycles. The summed E-state index contributed by atoms with van der Waals surface area (Å²) in [6, 6.07) is 12.3. The third kappa shape index (κ3) is 6.58. The van der Waals surface area contributed by atoms with Crippen molar-refractivity contribution in [1.29, 1.82) is 0 Å². The Bertz CT molecular complexity index is 1380. The smallest absolute Gasteiger partial charge is 0.434 e. The van der Waals surface area contributed by atoms with Crippen LogP contribution < -0.4 is 0 Å². The van der Waals surface area contributed by atoms with Gasteiger partial charge in [-0.2, -0.15) is 18.3 Å². The Morgan fingerprint density at radius 1 is 1.07 bits per heavy atom. The number of likely N-dealkylation sites (N-methyl/N-ethyl adjacent to an activating group) is 1. The second-order valence-electron chi connectivity index (χ2n) is 11.1. The number of carboxylic acid groups (broad SMARTS) is 1. The van der Waals surface area contributed by atoms with E-state index in [9.17, 15) is 27.9 Å². The fourth-order valence-corrected chi connectivity index (χ4v) is 5.80. The number of halogens is 4. The number of aliphatic carboxylic acids is 1. The molecule has 0 bridgehead atoms. The molecule has 1 fully saturated rings. The van der Waals surface area contributed by atoms with Crippen molar-refractivity contribution in [3.8, 4) is 0 Å². The van der Waals surface area contributed by atoms with E-state index in [0.29, 0.717) is 11.4 Å². The van der Waals surface area contributed by atoms with E-state index >= 15 is 0 Å². The molecule has 0 aliphatic heterocycles. The Hall–Kier alpha value is -3.17. The van der Waals surface area contributed by atoms with E-state index in [1.54, 1.807) is 31.3 Å². The molecule has 6 nitrogen and oxygen atoms in total. The van der Waals surface area contributed by atoms with E-state index in [4.69, 9.17) is 11.6 Å². The van der Waals surface area contributed by atoms with Crippen molar-refractivity contribution in [2.75, 3.05) is 13.6 Å². The van der Waals surface area contributed by atoms with Gasteiger partial charge in [0.2, 0.25) is 0 Å². The van der Waals surface area contributed by atoms with E-state index in [-0.39, 0.29) is 43.3 Å². The van der Waals surface area contributed by atoms with Crippen molar-refractivity contribution < 1.29 is 32.3 Å². The minimum absolute atomic E-state index is 0.174. The van der Waals surface area contributed by atoms with Gasteiger partial charge in [-0.1, -0.05) is 47.5 Å². The Labute approximate surface area is 237 Å². The van der Waals surface area contributed by atoms with Crippen LogP contribution in [0.15, 0.2) is 48.7 Å². The summed E-state index contributed by atoms with van der Waals surface area (Å²) in [6.45, 7) is 4.43. The summed E-state index contributed by atoms with van der Waals surface area (Å²) in [6.07, 6.45) is -2.26. The van der Waals surface area contributed by atoms with E-state index in [1.165, 1.54) is 0 Å². The molecule has 0 spiro atoms. The zero-order chi connectivity index (χ0) is 29.2. The average Bonchev–Trinajstić information content (AvgIpc) is 3.35. The predicted molar refractivity (Wildman–Crippen MR) is 146 cm³/mol. The fraction of sp³-hybridized carbons (Fsp3) is 0.433. The minimum atomic E-state index is -4.82. The van der Waals surface area contributed by atoms with Gasteiger partial charge in [0.25, 0.3) is 0 Å². The first-order chi connectivity index (χ1) is 18.8. The highest BCUT2D eigenvalue weighted by Gasteiger charge is 2.46. The second-order valence-corrected chi connectivity index (χ2v) is 11.5. The summed E-state index contributed by atoms with van der Waals surface area (Å²) in [5.74, 6) is -2.19. The number of aryl methyl sites for hydroxylation is 2. The number of carboxylic acids is 1. The van der Waals surface area contributed by atoms with Gasteiger partial charge < -0.3 is 5.11 Å². The number of nitrogens with zero attached hydrogens (tertiary/aromatic N) is 3. The molecule has 1 aromatic heterocycles. The SMILES string of the molecule is Cc1ccc(CC[N+](C)(Cc2ccc(Cl)cc2)C(=O)c2cnn(C3CCC(C(=O)O)CC3)c2C(F)(F)F)c(C)c1. The number of amides is 1. The van der Waals surface area contributed by atoms with Crippen LogP contribution in [0.1, 0.15) is 70.0 Å². The van der Waals surface area contributed by atoms with Gasteiger partial charge >= 0.3 is 18.1 Å². The van der Waals surface area contributed by atoms with Crippen molar-refractivity contribution in [1.82, 2.24) is 9.78 Å². The monoisotopic (exact) mass is 576 g/mol. The lowest BCUT2D eigenvalue weighted by Crippen LogP contribution is -2.50. The molecule has 0 radical (unpaired) electrons. The Morgan fingerprint density at radius 3 is 2.30 bits per heavy atom. The highest BCUT2D eigenvalue weighted by Crippen LogP contribution is 2.39. The van der Waals surface area contributed by atoms with Crippen molar-refractivity contribution in [2.24, 2.45) is 5.92 Å². The standard InChI is InChI=1S/C30H33ClF3N3O3/c1-19-4-7-22(20(2)16-19)14-15-37(3,18-21-5-10-24(31)11-6-21)28(38)26-17-35-36(27(26)30(32,33)34)25-12-8-23(9-13-25)29(39)40/h4-7,10-11,16-17,23,25H,8-9,12-15,18H2,1-3H3/p+1. The maximum atomic E-state index is 14.5. The number of carbonyl (C=O) groups is 2. The Kier molecular flexibility index (Phi) is 8.75. The highest BCUT2D eigenvalue weighted by atomic mass is 35.5. The molecule has 1 unspecified atom stereocenters. The summed E-state index contributed by atoms with van der Waals surface area (Å²) in [7, 11) is 1.66. The maximum absolute atomic E-state index is 14.5. The maximum Gasteiger partial charge on any atom is 0.434 e. The van der Waals surface area contributed by atoms with Gasteiger partial charge in [-0.05, 0) is 62.8 Å². The molecule has 1 saturated carbocycles. The highest BCUT2D eigenvalue weighted by molar-refractivity contribution is 6.30. The van der Waals surface area contributed by atoms with Gasteiger partial charge in [-0.25, -0.2) is 4.79 Å². The topological polar surface area (TPSA) is 72.2 Å². The van der Waals surface area contributed by atoms with Crippen LogP contribution in [0.2, 0.25) is 5.02 Å². The van der Waals surface area contributed by atoms with Gasteiger partial charge in [-0.3, -0.25) is 14.0 Å². The molecule has 1 atom stereocenters. The molecule has 40 heavy (non-hydrogen) atoms. The number of quaternary nitrogens is 1. The zero-order valence-corrected chi connectivity index (χ0v) is 23.6. The number of carbonyl (C=O) groups excluding carboxylic acids is 1. The van der Waals surface area contributed by atoms with Crippen LogP contribution in [0.5, 0.6) is 0 Å². The molecule has 214 valence electrons. The van der Waals surface area contributed by atoms with E-state index in [0.717, 1.165) is 33.1 Å². The molecule has 1 amide bonds. The minimum Gasteiger partial charge on any atom is -0.481 e. The molecular formula is C30H34ClF3N3O3+. The number of hydrogen-bond donors (Lipinski definition) is 1. The normalized spacial score (nSPS) is 19.3. The first-order valence-corrected chi connectivity index (χ1v) is 13.7. The van der Waals surface area contributed by atoms with Gasteiger partial charge in [-0.15, -0.1) is 0 Å². The molecule has 1 aliphatic rings. The number of alkyl halides is 3. The number of hydrogen-bond acceptors (Lipinski definition) is 3. The summed E-state index contributed by atoms with van der Waals surface area (Å²) in [5, 5.41) is 13.9. The van der Waals surface area contributed by atoms with Gasteiger partial charge in [0.1, 0.15) is 12.1 Å². The zero-order valence-electron chi connectivity index (χ0n) is 22.8.